The Hall–Kier alpha value is -7.67. The maximum atomic E-state index is 11.7. The van der Waals surface area contributed by atoms with Gasteiger partial charge in [-0.2, -0.15) is 0 Å². The fraction of sp³-hybridized carbons (Fsp3) is 0.470. The normalized spacial score (nSPS) is 20.2. The molecule has 23 heteroatoms. The summed E-state index contributed by atoms with van der Waals surface area (Å²) in [4.78, 5) is 75.5. The number of carbonyl (C=O) groups excluding carboxylic acids is 5. The number of phenols is 3. The number of rotatable bonds is 8. The van der Waals surface area contributed by atoms with Crippen LogP contribution in [0.4, 0.5) is 28.4 Å². The minimum Gasteiger partial charge on any atom is -0.508 e. The van der Waals surface area contributed by atoms with Crippen molar-refractivity contribution in [2.24, 2.45) is 0 Å². The number of anilines is 5. The molecule has 12 rings (SSSR count). The van der Waals surface area contributed by atoms with Crippen molar-refractivity contribution < 1.29 is 48.8 Å². The van der Waals surface area contributed by atoms with E-state index < -0.39 is 6.10 Å². The molecule has 0 bridgehead atoms. The second kappa shape index (κ2) is 35.5. The van der Waals surface area contributed by atoms with Crippen molar-refractivity contribution in [3.05, 3.63) is 121 Å². The molecule has 4 amide bonds. The number of carbonyl (C=O) groups is 5. The third-order valence-electron chi connectivity index (χ3n) is 16.1. The largest absolute Gasteiger partial charge is 0.508 e. The number of hydrogen-bond acceptors (Lipinski definition) is 20. The smallest absolute Gasteiger partial charge is 0.308 e. The predicted octanol–water partition coefficient (Wildman–Crippen LogP) is 5.26. The van der Waals surface area contributed by atoms with Gasteiger partial charge in [-0.15, -0.1) is 0 Å². The molecule has 0 aromatic heterocycles. The van der Waals surface area contributed by atoms with E-state index in [0.717, 1.165) is 131 Å². The number of benzene rings is 5. The average Bonchev–Trinajstić information content (AvgIpc) is 3.71. The van der Waals surface area contributed by atoms with Gasteiger partial charge < -0.3 is 74.2 Å². The van der Waals surface area contributed by atoms with Crippen LogP contribution in [0.1, 0.15) is 32.6 Å². The van der Waals surface area contributed by atoms with Gasteiger partial charge in [0.2, 0.25) is 17.7 Å². The number of nitrogens with zero attached hydrogens (tertiary/aromatic N) is 9. The summed E-state index contributed by atoms with van der Waals surface area (Å²) < 4.78 is 10.7. The number of halogens is 1. The van der Waals surface area contributed by atoms with Crippen LogP contribution < -0.4 is 49.9 Å². The highest BCUT2D eigenvalue weighted by atomic mass is 79.9. The summed E-state index contributed by atoms with van der Waals surface area (Å²) >= 11 is 3.12. The molecular formula is C66H91BrN12O10. The molecule has 0 aliphatic carbocycles. The third-order valence-corrected chi connectivity index (χ3v) is 17.0. The standard InChI is InChI=1S/C16H21N3O3.C13H18N2O2.2C11H16N2O.C10H14N2O.C5H6BrNO2/c1-18-8-10-19(11-9-18)12-2-4-13(5-3-12)22-14-6-7-15(20)17-16(14)21;1-11(16)17-13-5-3-12(4-6-13)15-9-7-14(2)8-10-15;2*1-12-6-8-13(9-7-12)10-2-4-11(14)5-3-10;13-10-3-1-9(2-4-10)12-7-5-11-6-8-12;6-3-1-2-4(8)7-5(3)9/h2-5,14H,6-11H2,1H3,(H,17,20,21);3-6H,7-10H2,1-2H3;2*2-5,14H,6-9H2,1H3;1-4,11,13H,5-8H2;3H,1-2H2,(H,7,8,9). The topological polar surface area (TPSA) is 230 Å². The first-order chi connectivity index (χ1) is 42.8. The maximum absolute atomic E-state index is 11.7. The first-order valence-electron chi connectivity index (χ1n) is 30.8. The van der Waals surface area contributed by atoms with Crippen LogP contribution in [0.15, 0.2) is 121 Å². The summed E-state index contributed by atoms with van der Waals surface area (Å²) in [7, 11) is 8.57. The van der Waals surface area contributed by atoms with E-state index in [1.165, 1.54) is 35.4 Å². The number of amides is 4. The van der Waals surface area contributed by atoms with Gasteiger partial charge in [0, 0.05) is 186 Å². The average molecular weight is 1290 g/mol. The minimum absolute atomic E-state index is 0.171. The fourth-order valence-corrected chi connectivity index (χ4v) is 10.8. The molecular weight excluding hydrogens is 1200 g/mol. The second-order valence-corrected chi connectivity index (χ2v) is 24.1. The number of esters is 1. The molecule has 2 unspecified atom stereocenters. The lowest BCUT2D eigenvalue weighted by Crippen LogP contribution is -2.46. The quantitative estimate of drug-likeness (QED) is 0.0504. The molecule has 2 atom stereocenters. The van der Waals surface area contributed by atoms with E-state index in [0.29, 0.717) is 54.4 Å². The zero-order chi connectivity index (χ0) is 63.7. The number of piperidine rings is 2. The molecule has 482 valence electrons. The van der Waals surface area contributed by atoms with Crippen molar-refractivity contribution in [3.63, 3.8) is 0 Å². The van der Waals surface area contributed by atoms with Crippen LogP contribution in [-0.2, 0) is 24.0 Å². The molecule has 5 aromatic rings. The Morgan fingerprint density at radius 3 is 1.01 bits per heavy atom. The molecule has 7 saturated heterocycles. The predicted molar refractivity (Wildman–Crippen MR) is 354 cm³/mol. The summed E-state index contributed by atoms with van der Waals surface area (Å²) in [5, 5.41) is 35.3. The van der Waals surface area contributed by atoms with Gasteiger partial charge in [-0.05, 0) is 156 Å². The van der Waals surface area contributed by atoms with Crippen LogP contribution in [0.25, 0.3) is 0 Å². The molecule has 6 N–H and O–H groups in total. The summed E-state index contributed by atoms with van der Waals surface area (Å²) in [6, 6.07) is 37.8. The molecule has 0 spiro atoms. The van der Waals surface area contributed by atoms with Crippen molar-refractivity contribution in [3.8, 4) is 28.7 Å². The summed E-state index contributed by atoms with van der Waals surface area (Å²) in [6.45, 7) is 22.8. The molecule has 7 fully saturated rings. The summed E-state index contributed by atoms with van der Waals surface area (Å²) in [6.07, 6.45) is 1.25. The number of nitrogens with one attached hydrogen (secondary N) is 3. The minimum atomic E-state index is -0.577. The van der Waals surface area contributed by atoms with E-state index in [1.807, 2.05) is 84.9 Å². The summed E-state index contributed by atoms with van der Waals surface area (Å²) in [5.41, 5.74) is 5.96. The number of piperazine rings is 5. The van der Waals surface area contributed by atoms with E-state index in [4.69, 9.17) is 14.6 Å². The first-order valence-corrected chi connectivity index (χ1v) is 31.7. The van der Waals surface area contributed by atoms with Crippen molar-refractivity contribution >= 4 is 74.0 Å². The van der Waals surface area contributed by atoms with Crippen molar-refractivity contribution in [2.75, 3.05) is 184 Å². The van der Waals surface area contributed by atoms with Crippen LogP contribution in [-0.4, -0.2) is 235 Å². The maximum Gasteiger partial charge on any atom is 0.308 e. The molecule has 22 nitrogen and oxygen atoms in total. The number of ether oxygens (including phenoxy) is 2. The highest BCUT2D eigenvalue weighted by molar-refractivity contribution is 9.10. The van der Waals surface area contributed by atoms with Gasteiger partial charge in [-0.1, -0.05) is 15.9 Å². The molecule has 0 radical (unpaired) electrons. The number of alkyl halides is 1. The molecule has 7 heterocycles. The number of hydrogen-bond donors (Lipinski definition) is 6. The van der Waals surface area contributed by atoms with E-state index in [-0.39, 0.29) is 34.4 Å². The zero-order valence-corrected chi connectivity index (χ0v) is 53.9. The van der Waals surface area contributed by atoms with Crippen molar-refractivity contribution in [1.82, 2.24) is 35.6 Å². The second-order valence-electron chi connectivity index (χ2n) is 23.0. The van der Waals surface area contributed by atoms with E-state index in [2.05, 4.69) is 104 Å². The van der Waals surface area contributed by atoms with Crippen LogP contribution in [0.3, 0.4) is 0 Å². The van der Waals surface area contributed by atoms with Crippen LogP contribution in [0, 0.1) is 0 Å². The lowest BCUT2D eigenvalue weighted by molar-refractivity contribution is -0.139. The van der Waals surface area contributed by atoms with Crippen LogP contribution >= 0.6 is 15.9 Å². The molecule has 89 heavy (non-hydrogen) atoms. The molecule has 0 saturated carbocycles. The number of imide groups is 2. The molecule has 5 aromatic carbocycles. The summed E-state index contributed by atoms with van der Waals surface area (Å²) in [5.74, 6) is 1.03. The zero-order valence-electron chi connectivity index (χ0n) is 52.3. The monoisotopic (exact) mass is 1290 g/mol. The van der Waals surface area contributed by atoms with E-state index in [1.54, 1.807) is 36.4 Å². The molecule has 7 aliphatic rings. The fourth-order valence-electron chi connectivity index (χ4n) is 10.4. The lowest BCUT2D eigenvalue weighted by atomic mass is 10.1. The van der Waals surface area contributed by atoms with Crippen molar-refractivity contribution in [1.29, 1.82) is 0 Å². The Labute approximate surface area is 533 Å². The Morgan fingerprint density at radius 1 is 0.416 bits per heavy atom. The van der Waals surface area contributed by atoms with Crippen LogP contribution in [0.5, 0.6) is 28.7 Å². The highest BCUT2D eigenvalue weighted by Gasteiger charge is 2.29. The van der Waals surface area contributed by atoms with E-state index in [9.17, 15) is 34.2 Å². The first kappa shape index (κ1) is 68.8. The van der Waals surface area contributed by atoms with Gasteiger partial charge >= 0.3 is 5.97 Å². The Morgan fingerprint density at radius 2 is 0.708 bits per heavy atom. The van der Waals surface area contributed by atoms with Gasteiger partial charge in [0.25, 0.3) is 5.91 Å². The van der Waals surface area contributed by atoms with Crippen molar-refractivity contribution in [2.45, 2.75) is 43.5 Å². The third kappa shape index (κ3) is 23.7. The van der Waals surface area contributed by atoms with Crippen LogP contribution in [0.2, 0.25) is 0 Å². The Balaban J connectivity index is 0.000000155. The Bertz CT molecular complexity index is 2880. The van der Waals surface area contributed by atoms with Gasteiger partial charge in [-0.3, -0.25) is 34.6 Å². The lowest BCUT2D eigenvalue weighted by Gasteiger charge is -2.34. The number of phenolic OH excluding ortho intramolecular Hbond substituents is 3. The highest BCUT2D eigenvalue weighted by Crippen LogP contribution is 2.26. The SMILES string of the molecule is CC(=O)Oc1ccc(N2CCN(C)CC2)cc1.CN1CCN(c2ccc(O)cc2)CC1.CN1CCN(c2ccc(O)cc2)CC1.CN1CCN(c2ccc(OC3CCC(=O)NC3=O)cc2)CC1.O=C1CCC(Br)C(=O)N1.Oc1ccc(N2CCNCC2)cc1. The van der Waals surface area contributed by atoms with Gasteiger partial charge in [0.1, 0.15) is 28.7 Å². The van der Waals surface area contributed by atoms with E-state index >= 15 is 0 Å². The number of likely N-dealkylation sites (N-methyl/N-ethyl adjacent to an activating group) is 4. The number of aromatic hydroxyl groups is 3. The van der Waals surface area contributed by atoms with Gasteiger partial charge in [0.15, 0.2) is 6.10 Å². The van der Waals surface area contributed by atoms with Gasteiger partial charge in [0.05, 0.1) is 4.83 Å². The van der Waals surface area contributed by atoms with Gasteiger partial charge in [-0.25, -0.2) is 0 Å². The molecule has 7 aliphatic heterocycles. The Kier molecular flexibility index (Phi) is 27.5.